The van der Waals surface area contributed by atoms with Crippen LogP contribution in [0.1, 0.15) is 29.1 Å². The van der Waals surface area contributed by atoms with Gasteiger partial charge in [0.15, 0.2) is 0 Å². The summed E-state index contributed by atoms with van der Waals surface area (Å²) in [5, 5.41) is 3.26. The van der Waals surface area contributed by atoms with Gasteiger partial charge in [0.2, 0.25) is 5.91 Å². The zero-order valence-corrected chi connectivity index (χ0v) is 9.51. The minimum atomic E-state index is -0.421. The molecule has 0 aliphatic rings. The van der Waals surface area contributed by atoms with Gasteiger partial charge in [-0.15, -0.1) is 0 Å². The molecule has 3 N–H and O–H groups in total. The van der Waals surface area contributed by atoms with E-state index in [4.69, 9.17) is 10.2 Å². The van der Waals surface area contributed by atoms with Crippen LogP contribution >= 0.6 is 0 Å². The van der Waals surface area contributed by atoms with Gasteiger partial charge < -0.3 is 15.5 Å². The highest BCUT2D eigenvalue weighted by Gasteiger charge is 2.07. The summed E-state index contributed by atoms with van der Waals surface area (Å²) in [5.74, 6) is 0.444. The summed E-state index contributed by atoms with van der Waals surface area (Å²) in [7, 11) is 0. The molecular formula is C13H14N2O2. The van der Waals surface area contributed by atoms with Crippen LogP contribution in [0.25, 0.3) is 0 Å². The predicted molar refractivity (Wildman–Crippen MR) is 65.7 cm³/mol. The lowest BCUT2D eigenvalue weighted by atomic mass is 10.2. The summed E-state index contributed by atoms with van der Waals surface area (Å²) in [6.45, 7) is 2.00. The number of carbonyl (C=O) groups is 1. The van der Waals surface area contributed by atoms with Gasteiger partial charge in [-0.2, -0.15) is 0 Å². The normalized spacial score (nSPS) is 12.1. The summed E-state index contributed by atoms with van der Waals surface area (Å²) < 4.78 is 5.29. The van der Waals surface area contributed by atoms with Crippen LogP contribution in [0.3, 0.4) is 0 Å². The summed E-state index contributed by atoms with van der Waals surface area (Å²) in [5.41, 5.74) is 6.58. The smallest absolute Gasteiger partial charge is 0.248 e. The quantitative estimate of drug-likeness (QED) is 0.848. The van der Waals surface area contributed by atoms with E-state index in [0.29, 0.717) is 5.56 Å². The van der Waals surface area contributed by atoms with E-state index in [0.717, 1.165) is 11.4 Å². The Morgan fingerprint density at radius 3 is 2.53 bits per heavy atom. The third-order valence-electron chi connectivity index (χ3n) is 2.52. The Bertz CT molecular complexity index is 489. The molecule has 1 aromatic carbocycles. The van der Waals surface area contributed by atoms with Crippen molar-refractivity contribution in [3.05, 3.63) is 54.0 Å². The molecule has 0 saturated carbocycles. The van der Waals surface area contributed by atoms with Crippen molar-refractivity contribution in [1.82, 2.24) is 0 Å². The molecular weight excluding hydrogens is 216 g/mol. The van der Waals surface area contributed by atoms with Crippen LogP contribution in [0.15, 0.2) is 47.1 Å². The van der Waals surface area contributed by atoms with Gasteiger partial charge in [0.25, 0.3) is 0 Å². The first-order valence-corrected chi connectivity index (χ1v) is 5.36. The number of furan rings is 1. The van der Waals surface area contributed by atoms with Gasteiger partial charge in [0.1, 0.15) is 5.76 Å². The van der Waals surface area contributed by atoms with Gasteiger partial charge in [0, 0.05) is 11.3 Å². The van der Waals surface area contributed by atoms with Crippen LogP contribution in [0, 0.1) is 0 Å². The third kappa shape index (κ3) is 2.66. The lowest BCUT2D eigenvalue weighted by Crippen LogP contribution is -2.11. The molecule has 1 atom stereocenters. The highest BCUT2D eigenvalue weighted by atomic mass is 16.3. The summed E-state index contributed by atoms with van der Waals surface area (Å²) >= 11 is 0. The molecule has 17 heavy (non-hydrogen) atoms. The van der Waals surface area contributed by atoms with E-state index in [9.17, 15) is 4.79 Å². The Morgan fingerprint density at radius 1 is 1.29 bits per heavy atom. The lowest BCUT2D eigenvalue weighted by Gasteiger charge is -2.12. The SMILES string of the molecule is CC(Nc1ccc(C(N)=O)cc1)c1ccco1. The lowest BCUT2D eigenvalue weighted by molar-refractivity contribution is 0.100. The number of hydrogen-bond donors (Lipinski definition) is 2. The average molecular weight is 230 g/mol. The molecule has 0 spiro atoms. The number of hydrogen-bond acceptors (Lipinski definition) is 3. The Labute approximate surface area is 99.4 Å². The maximum Gasteiger partial charge on any atom is 0.248 e. The zero-order valence-electron chi connectivity index (χ0n) is 9.51. The van der Waals surface area contributed by atoms with Crippen LogP contribution in [-0.4, -0.2) is 5.91 Å². The van der Waals surface area contributed by atoms with E-state index in [-0.39, 0.29) is 6.04 Å². The first-order valence-electron chi connectivity index (χ1n) is 5.36. The molecule has 0 aliphatic carbocycles. The fourth-order valence-corrected chi connectivity index (χ4v) is 1.59. The fourth-order valence-electron chi connectivity index (χ4n) is 1.59. The second kappa shape index (κ2) is 4.74. The molecule has 1 unspecified atom stereocenters. The van der Waals surface area contributed by atoms with Crippen LogP contribution in [-0.2, 0) is 0 Å². The molecule has 88 valence electrons. The maximum absolute atomic E-state index is 10.9. The first kappa shape index (κ1) is 11.3. The maximum atomic E-state index is 10.9. The highest BCUT2D eigenvalue weighted by Crippen LogP contribution is 2.19. The summed E-state index contributed by atoms with van der Waals surface area (Å²) in [6, 6.07) is 10.9. The Hall–Kier alpha value is -2.23. The van der Waals surface area contributed by atoms with E-state index < -0.39 is 5.91 Å². The van der Waals surface area contributed by atoms with Crippen molar-refractivity contribution in [2.75, 3.05) is 5.32 Å². The van der Waals surface area contributed by atoms with Gasteiger partial charge in [-0.25, -0.2) is 0 Å². The molecule has 4 nitrogen and oxygen atoms in total. The Morgan fingerprint density at radius 2 is 2.00 bits per heavy atom. The molecule has 1 heterocycles. The molecule has 0 radical (unpaired) electrons. The molecule has 2 rings (SSSR count). The van der Waals surface area contributed by atoms with Gasteiger partial charge in [-0.1, -0.05) is 0 Å². The number of nitrogens with two attached hydrogens (primary N) is 1. The largest absolute Gasteiger partial charge is 0.467 e. The van der Waals surface area contributed by atoms with Gasteiger partial charge in [-0.3, -0.25) is 4.79 Å². The number of rotatable bonds is 4. The minimum Gasteiger partial charge on any atom is -0.467 e. The van der Waals surface area contributed by atoms with E-state index in [1.54, 1.807) is 18.4 Å². The second-order valence-corrected chi connectivity index (χ2v) is 3.82. The van der Waals surface area contributed by atoms with Crippen molar-refractivity contribution in [3.63, 3.8) is 0 Å². The van der Waals surface area contributed by atoms with E-state index in [1.807, 2.05) is 31.2 Å². The molecule has 0 saturated heterocycles. The third-order valence-corrected chi connectivity index (χ3v) is 2.52. The first-order chi connectivity index (χ1) is 8.16. The highest BCUT2D eigenvalue weighted by molar-refractivity contribution is 5.93. The number of carbonyl (C=O) groups excluding carboxylic acids is 1. The predicted octanol–water partition coefficient (Wildman–Crippen LogP) is 2.55. The molecule has 0 aliphatic heterocycles. The van der Waals surface area contributed by atoms with Crippen molar-refractivity contribution in [1.29, 1.82) is 0 Å². The Kier molecular flexibility index (Phi) is 3.14. The van der Waals surface area contributed by atoms with E-state index in [1.165, 1.54) is 0 Å². The van der Waals surface area contributed by atoms with E-state index in [2.05, 4.69) is 5.32 Å². The van der Waals surface area contributed by atoms with Gasteiger partial charge in [0.05, 0.1) is 12.3 Å². The second-order valence-electron chi connectivity index (χ2n) is 3.82. The number of amides is 1. The van der Waals surface area contributed by atoms with Gasteiger partial charge >= 0.3 is 0 Å². The summed E-state index contributed by atoms with van der Waals surface area (Å²) in [6.07, 6.45) is 1.64. The van der Waals surface area contributed by atoms with Crippen LogP contribution < -0.4 is 11.1 Å². The van der Waals surface area contributed by atoms with Crippen molar-refractivity contribution >= 4 is 11.6 Å². The van der Waals surface area contributed by atoms with Crippen LogP contribution in [0.4, 0.5) is 5.69 Å². The number of nitrogens with one attached hydrogen (secondary N) is 1. The van der Waals surface area contributed by atoms with Crippen LogP contribution in [0.2, 0.25) is 0 Å². The zero-order chi connectivity index (χ0) is 12.3. The molecule has 4 heteroatoms. The van der Waals surface area contributed by atoms with Gasteiger partial charge in [-0.05, 0) is 43.3 Å². The van der Waals surface area contributed by atoms with E-state index >= 15 is 0 Å². The van der Waals surface area contributed by atoms with Crippen molar-refractivity contribution in [2.45, 2.75) is 13.0 Å². The van der Waals surface area contributed by atoms with Crippen molar-refractivity contribution in [2.24, 2.45) is 5.73 Å². The minimum absolute atomic E-state index is 0.0735. The topological polar surface area (TPSA) is 68.3 Å². The molecule has 2 aromatic rings. The molecule has 1 amide bonds. The monoisotopic (exact) mass is 230 g/mol. The Balaban J connectivity index is 2.06. The van der Waals surface area contributed by atoms with Crippen molar-refractivity contribution in [3.8, 4) is 0 Å². The average Bonchev–Trinajstić information content (AvgIpc) is 2.83. The van der Waals surface area contributed by atoms with Crippen LogP contribution in [0.5, 0.6) is 0 Å². The molecule has 0 fully saturated rings. The number of anilines is 1. The number of benzene rings is 1. The van der Waals surface area contributed by atoms with Crippen molar-refractivity contribution < 1.29 is 9.21 Å². The molecule has 0 bridgehead atoms. The number of primary amides is 1. The molecule has 1 aromatic heterocycles. The fraction of sp³-hybridized carbons (Fsp3) is 0.154. The summed E-state index contributed by atoms with van der Waals surface area (Å²) in [4.78, 5) is 10.9. The standard InChI is InChI=1S/C13H14N2O2/c1-9(12-3-2-8-17-12)15-11-6-4-10(5-7-11)13(14)16/h2-9,15H,1H3,(H2,14,16).